The van der Waals surface area contributed by atoms with Gasteiger partial charge in [0, 0.05) is 12.1 Å². The van der Waals surface area contributed by atoms with Gasteiger partial charge in [-0.2, -0.15) is 5.10 Å². The Morgan fingerprint density at radius 2 is 2.12 bits per heavy atom. The summed E-state index contributed by atoms with van der Waals surface area (Å²) in [6.07, 6.45) is 2.71. The monoisotopic (exact) mass is 257 g/mol. The van der Waals surface area contributed by atoms with E-state index in [1.54, 1.807) is 6.20 Å². The topological polar surface area (TPSA) is 29.9 Å². The molecule has 0 fully saturated rings. The number of aromatic nitrogens is 2. The van der Waals surface area contributed by atoms with Gasteiger partial charge in [0.1, 0.15) is 0 Å². The maximum atomic E-state index is 6.15. The van der Waals surface area contributed by atoms with Crippen LogP contribution in [0.1, 0.15) is 40.3 Å². The standard InChI is InChI=1S/C13H24ClN3/c1-6-17-12(11(14)9-16-17)7-10(2)8-15-13(3,4)5/h9-10,15H,6-8H2,1-5H3. The molecule has 0 aliphatic rings. The third-order valence-corrected chi connectivity index (χ3v) is 3.04. The summed E-state index contributed by atoms with van der Waals surface area (Å²) in [7, 11) is 0. The first-order valence-electron chi connectivity index (χ1n) is 6.28. The van der Waals surface area contributed by atoms with E-state index >= 15 is 0 Å². The Morgan fingerprint density at radius 3 is 2.65 bits per heavy atom. The summed E-state index contributed by atoms with van der Waals surface area (Å²) < 4.78 is 1.98. The summed E-state index contributed by atoms with van der Waals surface area (Å²) in [5.41, 5.74) is 1.32. The van der Waals surface area contributed by atoms with Crippen LogP contribution in [0.4, 0.5) is 0 Å². The highest BCUT2D eigenvalue weighted by Crippen LogP contribution is 2.19. The first-order chi connectivity index (χ1) is 7.83. The number of aryl methyl sites for hydroxylation is 1. The molecular formula is C13H24ClN3. The van der Waals surface area contributed by atoms with Gasteiger partial charge >= 0.3 is 0 Å². The van der Waals surface area contributed by atoms with E-state index in [-0.39, 0.29) is 5.54 Å². The highest BCUT2D eigenvalue weighted by Gasteiger charge is 2.15. The number of hydrogen-bond donors (Lipinski definition) is 1. The number of hydrogen-bond acceptors (Lipinski definition) is 2. The SMILES string of the molecule is CCn1ncc(Cl)c1CC(C)CNC(C)(C)C. The lowest BCUT2D eigenvalue weighted by molar-refractivity contribution is 0.377. The fourth-order valence-corrected chi connectivity index (χ4v) is 1.96. The minimum absolute atomic E-state index is 0.170. The van der Waals surface area contributed by atoms with Gasteiger partial charge in [-0.05, 0) is 46.6 Å². The summed E-state index contributed by atoms with van der Waals surface area (Å²) >= 11 is 6.15. The van der Waals surface area contributed by atoms with Crippen molar-refractivity contribution in [2.24, 2.45) is 5.92 Å². The Labute approximate surface area is 110 Å². The molecule has 1 N–H and O–H groups in total. The average molecular weight is 258 g/mol. The predicted molar refractivity (Wildman–Crippen MR) is 73.5 cm³/mol. The summed E-state index contributed by atoms with van der Waals surface area (Å²) in [5.74, 6) is 0.550. The van der Waals surface area contributed by atoms with Gasteiger partial charge in [-0.3, -0.25) is 4.68 Å². The highest BCUT2D eigenvalue weighted by atomic mass is 35.5. The lowest BCUT2D eigenvalue weighted by Gasteiger charge is -2.23. The molecule has 0 bridgehead atoms. The van der Waals surface area contributed by atoms with Gasteiger partial charge in [0.05, 0.1) is 16.9 Å². The Bertz CT molecular complexity index is 352. The first-order valence-corrected chi connectivity index (χ1v) is 6.66. The maximum Gasteiger partial charge on any atom is 0.0817 e. The Hall–Kier alpha value is -0.540. The molecule has 0 saturated carbocycles. The summed E-state index contributed by atoms with van der Waals surface area (Å²) in [5, 5.41) is 8.57. The van der Waals surface area contributed by atoms with Gasteiger partial charge < -0.3 is 5.32 Å². The van der Waals surface area contributed by atoms with Gasteiger partial charge in [0.2, 0.25) is 0 Å². The molecule has 1 aromatic rings. The van der Waals surface area contributed by atoms with Crippen LogP contribution in [0.25, 0.3) is 0 Å². The van der Waals surface area contributed by atoms with Crippen molar-refractivity contribution in [3.05, 3.63) is 16.9 Å². The van der Waals surface area contributed by atoms with E-state index in [0.717, 1.165) is 30.2 Å². The Kier molecular flexibility index (Phi) is 5.02. The maximum absolute atomic E-state index is 6.15. The van der Waals surface area contributed by atoms with Crippen LogP contribution in [0.15, 0.2) is 6.20 Å². The molecule has 0 radical (unpaired) electrons. The number of nitrogens with zero attached hydrogens (tertiary/aromatic N) is 2. The van der Waals surface area contributed by atoms with Crippen molar-refractivity contribution in [2.75, 3.05) is 6.54 Å². The lowest BCUT2D eigenvalue weighted by atomic mass is 10.0. The molecule has 0 aliphatic carbocycles. The highest BCUT2D eigenvalue weighted by molar-refractivity contribution is 6.31. The van der Waals surface area contributed by atoms with Crippen LogP contribution >= 0.6 is 11.6 Å². The quantitative estimate of drug-likeness (QED) is 0.878. The van der Waals surface area contributed by atoms with Crippen molar-refractivity contribution < 1.29 is 0 Å². The first kappa shape index (κ1) is 14.5. The minimum atomic E-state index is 0.170. The van der Waals surface area contributed by atoms with Crippen molar-refractivity contribution in [2.45, 2.75) is 53.1 Å². The van der Waals surface area contributed by atoms with Crippen LogP contribution < -0.4 is 5.32 Å². The van der Waals surface area contributed by atoms with E-state index < -0.39 is 0 Å². The van der Waals surface area contributed by atoms with Gasteiger partial charge in [-0.25, -0.2) is 0 Å². The molecule has 0 aromatic carbocycles. The molecule has 1 heterocycles. The number of rotatable bonds is 5. The van der Waals surface area contributed by atoms with Crippen molar-refractivity contribution >= 4 is 11.6 Å². The molecule has 1 atom stereocenters. The third-order valence-electron chi connectivity index (χ3n) is 2.72. The molecule has 1 aromatic heterocycles. The van der Waals surface area contributed by atoms with Gasteiger partial charge in [-0.15, -0.1) is 0 Å². The zero-order chi connectivity index (χ0) is 13.1. The fraction of sp³-hybridized carbons (Fsp3) is 0.769. The zero-order valence-corrected chi connectivity index (χ0v) is 12.3. The van der Waals surface area contributed by atoms with Crippen LogP contribution in [0.3, 0.4) is 0 Å². The summed E-state index contributed by atoms with van der Waals surface area (Å²) in [6.45, 7) is 12.7. The Balaban J connectivity index is 2.55. The largest absolute Gasteiger partial charge is 0.312 e. The predicted octanol–water partition coefficient (Wildman–Crippen LogP) is 3.12. The van der Waals surface area contributed by atoms with Gasteiger partial charge in [0.25, 0.3) is 0 Å². The lowest BCUT2D eigenvalue weighted by Crippen LogP contribution is -2.39. The zero-order valence-electron chi connectivity index (χ0n) is 11.5. The van der Waals surface area contributed by atoms with Crippen molar-refractivity contribution in [3.63, 3.8) is 0 Å². The third kappa shape index (κ3) is 4.68. The molecule has 1 rings (SSSR count). The molecule has 3 nitrogen and oxygen atoms in total. The molecule has 1 unspecified atom stereocenters. The van der Waals surface area contributed by atoms with Crippen LogP contribution in [-0.2, 0) is 13.0 Å². The van der Waals surface area contributed by atoms with E-state index in [1.165, 1.54) is 0 Å². The minimum Gasteiger partial charge on any atom is -0.312 e. The van der Waals surface area contributed by atoms with E-state index in [9.17, 15) is 0 Å². The van der Waals surface area contributed by atoms with Crippen LogP contribution in [0.5, 0.6) is 0 Å². The van der Waals surface area contributed by atoms with E-state index in [0.29, 0.717) is 5.92 Å². The fourth-order valence-electron chi connectivity index (χ4n) is 1.75. The number of nitrogens with one attached hydrogen (secondary N) is 1. The van der Waals surface area contributed by atoms with E-state index in [2.05, 4.69) is 45.0 Å². The summed E-state index contributed by atoms with van der Waals surface area (Å²) in [6, 6.07) is 0. The normalized spacial score (nSPS) is 14.0. The smallest absolute Gasteiger partial charge is 0.0817 e. The van der Waals surface area contributed by atoms with E-state index in [1.807, 2.05) is 4.68 Å². The average Bonchev–Trinajstić information content (AvgIpc) is 2.56. The van der Waals surface area contributed by atoms with Gasteiger partial charge in [-0.1, -0.05) is 18.5 Å². The molecular weight excluding hydrogens is 234 g/mol. The second kappa shape index (κ2) is 5.87. The van der Waals surface area contributed by atoms with Gasteiger partial charge in [0.15, 0.2) is 0 Å². The second-order valence-corrected chi connectivity index (χ2v) is 6.10. The molecule has 0 spiro atoms. The van der Waals surface area contributed by atoms with Crippen LogP contribution in [0, 0.1) is 5.92 Å². The Morgan fingerprint density at radius 1 is 1.47 bits per heavy atom. The van der Waals surface area contributed by atoms with Crippen molar-refractivity contribution in [1.29, 1.82) is 0 Å². The van der Waals surface area contributed by atoms with Crippen molar-refractivity contribution in [1.82, 2.24) is 15.1 Å². The summed E-state index contributed by atoms with van der Waals surface area (Å²) in [4.78, 5) is 0. The second-order valence-electron chi connectivity index (χ2n) is 5.70. The number of halogens is 1. The molecule has 0 aliphatic heterocycles. The molecule has 0 amide bonds. The molecule has 17 heavy (non-hydrogen) atoms. The van der Waals surface area contributed by atoms with E-state index in [4.69, 9.17) is 11.6 Å². The van der Waals surface area contributed by atoms with Crippen LogP contribution in [-0.4, -0.2) is 21.9 Å². The molecule has 4 heteroatoms. The van der Waals surface area contributed by atoms with Crippen molar-refractivity contribution in [3.8, 4) is 0 Å². The molecule has 98 valence electrons. The van der Waals surface area contributed by atoms with Crippen LogP contribution in [0.2, 0.25) is 5.02 Å². The molecule has 0 saturated heterocycles.